The molecule has 0 spiro atoms. The summed E-state index contributed by atoms with van der Waals surface area (Å²) in [5.41, 5.74) is 9.70. The van der Waals surface area contributed by atoms with Gasteiger partial charge < -0.3 is 20.1 Å². The van der Waals surface area contributed by atoms with E-state index in [0.717, 1.165) is 35.2 Å². The van der Waals surface area contributed by atoms with Crippen molar-refractivity contribution in [3.63, 3.8) is 0 Å². The Balaban J connectivity index is 1.75. The Morgan fingerprint density at radius 1 is 1.36 bits per heavy atom. The average Bonchev–Trinajstić information content (AvgIpc) is 2.86. The van der Waals surface area contributed by atoms with Gasteiger partial charge in [-0.25, -0.2) is 9.78 Å². The summed E-state index contributed by atoms with van der Waals surface area (Å²) in [5, 5.41) is 20.2. The number of fused-ring (bicyclic) bond motifs is 1. The summed E-state index contributed by atoms with van der Waals surface area (Å²) in [6, 6.07) is 13.6. The molecule has 0 fully saturated rings. The molecule has 0 saturated heterocycles. The molecule has 10 heteroatoms. The van der Waals surface area contributed by atoms with Gasteiger partial charge in [0.05, 0.1) is 29.4 Å². The number of likely N-dealkylation sites (N-methyl/N-ethyl adjacent to an activating group) is 1. The highest BCUT2D eigenvalue weighted by molar-refractivity contribution is 9.10. The molecule has 0 unspecified atom stereocenters. The summed E-state index contributed by atoms with van der Waals surface area (Å²) in [7, 11) is 2.04. The molecule has 1 atom stereocenters. The fourth-order valence-corrected chi connectivity index (χ4v) is 5.63. The van der Waals surface area contributed by atoms with Crippen molar-refractivity contribution in [2.45, 2.75) is 30.8 Å². The Labute approximate surface area is 222 Å². The molecular weight excluding hydrogens is 542 g/mol. The molecule has 2 aromatic rings. The highest BCUT2D eigenvalue weighted by Gasteiger charge is 2.38. The van der Waals surface area contributed by atoms with E-state index in [2.05, 4.69) is 33.0 Å². The van der Waals surface area contributed by atoms with Gasteiger partial charge in [-0.05, 0) is 43.3 Å². The number of benzene rings is 1. The van der Waals surface area contributed by atoms with Gasteiger partial charge in [0.15, 0.2) is 0 Å². The van der Waals surface area contributed by atoms with Gasteiger partial charge in [-0.1, -0.05) is 39.8 Å². The molecule has 2 N–H and O–H groups in total. The molecule has 3 heterocycles. The molecule has 0 amide bonds. The van der Waals surface area contributed by atoms with Crippen molar-refractivity contribution in [1.82, 2.24) is 9.88 Å². The van der Waals surface area contributed by atoms with Crippen LogP contribution >= 0.6 is 27.7 Å². The maximum Gasteiger partial charge on any atom is 0.338 e. The van der Waals surface area contributed by atoms with Gasteiger partial charge in [-0.3, -0.25) is 0 Å². The minimum atomic E-state index is -0.752. The van der Waals surface area contributed by atoms with Crippen LogP contribution in [0.25, 0.3) is 0 Å². The summed E-state index contributed by atoms with van der Waals surface area (Å²) in [6.45, 7) is 3.52. The zero-order valence-electron chi connectivity index (χ0n) is 19.9. The van der Waals surface area contributed by atoms with Crippen LogP contribution in [-0.2, 0) is 27.2 Å². The third-order valence-corrected chi connectivity index (χ3v) is 7.45. The van der Waals surface area contributed by atoms with Gasteiger partial charge in [0.2, 0.25) is 5.88 Å². The van der Waals surface area contributed by atoms with Gasteiger partial charge in [0.25, 0.3) is 0 Å². The first-order valence-electron chi connectivity index (χ1n) is 11.3. The van der Waals surface area contributed by atoms with E-state index in [4.69, 9.17) is 20.2 Å². The van der Waals surface area contributed by atoms with Crippen LogP contribution < -0.4 is 5.73 Å². The minimum Gasteiger partial charge on any atom is -0.463 e. The predicted octanol–water partition coefficient (Wildman–Crippen LogP) is 4.12. The number of carbonyl (C=O) groups is 1. The summed E-state index contributed by atoms with van der Waals surface area (Å²) in [5.74, 6) is -0.937. The fraction of sp³-hybridized carbons (Fsp3) is 0.308. The lowest BCUT2D eigenvalue weighted by Gasteiger charge is -2.28. The van der Waals surface area contributed by atoms with Crippen LogP contribution in [0.2, 0.25) is 0 Å². The largest absolute Gasteiger partial charge is 0.463 e. The van der Waals surface area contributed by atoms with Gasteiger partial charge in [0.1, 0.15) is 28.5 Å². The number of halogens is 1. The van der Waals surface area contributed by atoms with Crippen molar-refractivity contribution in [3.05, 3.63) is 80.0 Å². The van der Waals surface area contributed by atoms with Crippen LogP contribution in [0.5, 0.6) is 0 Å². The second-order valence-electron chi connectivity index (χ2n) is 8.37. The number of pyridine rings is 1. The number of ether oxygens (including phenoxy) is 2. The highest BCUT2D eigenvalue weighted by Crippen LogP contribution is 2.42. The molecule has 0 bridgehead atoms. The first kappa shape index (κ1) is 25.8. The minimum absolute atomic E-state index is 0.0620. The van der Waals surface area contributed by atoms with E-state index in [1.807, 2.05) is 37.4 Å². The van der Waals surface area contributed by atoms with Gasteiger partial charge in [-0.2, -0.15) is 10.5 Å². The molecule has 36 heavy (non-hydrogen) atoms. The third kappa shape index (κ3) is 5.26. The van der Waals surface area contributed by atoms with E-state index in [-0.39, 0.29) is 35.1 Å². The van der Waals surface area contributed by atoms with E-state index in [1.54, 1.807) is 6.92 Å². The first-order valence-corrected chi connectivity index (χ1v) is 13.1. The summed E-state index contributed by atoms with van der Waals surface area (Å²) < 4.78 is 12.0. The number of carbonyl (C=O) groups excluding carboxylic acids is 1. The Kier molecular flexibility index (Phi) is 8.00. The van der Waals surface area contributed by atoms with E-state index < -0.39 is 11.9 Å². The normalized spacial score (nSPS) is 17.6. The van der Waals surface area contributed by atoms with Crippen molar-refractivity contribution in [2.24, 2.45) is 5.73 Å². The van der Waals surface area contributed by atoms with Crippen LogP contribution in [0, 0.1) is 22.7 Å². The predicted molar refractivity (Wildman–Crippen MR) is 138 cm³/mol. The lowest BCUT2D eigenvalue weighted by Crippen LogP contribution is -2.28. The number of nitrogens with two attached hydrogens (primary N) is 1. The molecule has 2 aliphatic heterocycles. The van der Waals surface area contributed by atoms with Crippen LogP contribution in [-0.4, -0.2) is 41.8 Å². The van der Waals surface area contributed by atoms with Crippen LogP contribution in [0.4, 0.5) is 0 Å². The lowest BCUT2D eigenvalue weighted by atomic mass is 9.83. The van der Waals surface area contributed by atoms with E-state index >= 15 is 0 Å². The highest BCUT2D eigenvalue weighted by atomic mass is 79.9. The second-order valence-corrected chi connectivity index (χ2v) is 10.3. The van der Waals surface area contributed by atoms with Crippen molar-refractivity contribution < 1.29 is 14.3 Å². The zero-order chi connectivity index (χ0) is 25.8. The molecular formula is C26H24BrN5O3S. The molecule has 184 valence electrons. The topological polar surface area (TPSA) is 125 Å². The molecule has 4 rings (SSSR count). The number of nitrogens with zero attached hydrogens (tertiary/aromatic N) is 4. The van der Waals surface area contributed by atoms with Crippen LogP contribution in [0.1, 0.15) is 35.2 Å². The van der Waals surface area contributed by atoms with E-state index in [1.165, 1.54) is 11.8 Å². The standard InChI is InChI=1S/C26H24BrN5O3S/c1-3-34-26(33)23-21(35-24(30)19(12-29)22(23)15-5-4-6-18(27)10-15)14-36-25-16(11-28)9-17-13-32(2)8-7-20(17)31-25/h4-6,9-10,22H,3,7-8,13-14,30H2,1-2H3/t22-/m1/s1. The van der Waals surface area contributed by atoms with Crippen LogP contribution in [0.3, 0.4) is 0 Å². The van der Waals surface area contributed by atoms with Crippen molar-refractivity contribution >= 4 is 33.7 Å². The fourth-order valence-electron chi connectivity index (χ4n) is 4.30. The van der Waals surface area contributed by atoms with Crippen molar-refractivity contribution in [3.8, 4) is 12.1 Å². The Morgan fingerprint density at radius 3 is 2.86 bits per heavy atom. The number of hydrogen-bond acceptors (Lipinski definition) is 9. The van der Waals surface area contributed by atoms with E-state index in [9.17, 15) is 15.3 Å². The molecule has 2 aliphatic rings. The lowest BCUT2D eigenvalue weighted by molar-refractivity contribution is -0.139. The molecule has 0 radical (unpaired) electrons. The second kappa shape index (κ2) is 11.2. The number of allylic oxidation sites excluding steroid dienone is 1. The van der Waals surface area contributed by atoms with Crippen LogP contribution in [0.15, 0.2) is 62.6 Å². The number of thioether (sulfide) groups is 1. The maximum absolute atomic E-state index is 13.2. The number of nitriles is 2. The molecule has 0 saturated carbocycles. The van der Waals surface area contributed by atoms with Crippen molar-refractivity contribution in [1.29, 1.82) is 10.5 Å². The summed E-state index contributed by atoms with van der Waals surface area (Å²) in [6.07, 6.45) is 0.796. The van der Waals surface area contributed by atoms with Gasteiger partial charge in [-0.15, -0.1) is 0 Å². The number of rotatable bonds is 6. The number of aromatic nitrogens is 1. The smallest absolute Gasteiger partial charge is 0.338 e. The molecule has 8 nitrogen and oxygen atoms in total. The quantitative estimate of drug-likeness (QED) is 0.406. The molecule has 1 aromatic heterocycles. The van der Waals surface area contributed by atoms with Crippen molar-refractivity contribution in [2.75, 3.05) is 26.0 Å². The maximum atomic E-state index is 13.2. The molecule has 1 aromatic carbocycles. The van der Waals surface area contributed by atoms with E-state index in [0.29, 0.717) is 16.2 Å². The van der Waals surface area contributed by atoms with Gasteiger partial charge in [0, 0.05) is 29.7 Å². The molecule has 0 aliphatic carbocycles. The summed E-state index contributed by atoms with van der Waals surface area (Å²) >= 11 is 4.75. The Hall–Kier alpha value is -3.31. The Bertz CT molecular complexity index is 1360. The van der Waals surface area contributed by atoms with Gasteiger partial charge >= 0.3 is 5.97 Å². The monoisotopic (exact) mass is 565 g/mol. The average molecular weight is 566 g/mol. The third-order valence-electron chi connectivity index (χ3n) is 5.96. The number of hydrogen-bond donors (Lipinski definition) is 1. The first-order chi connectivity index (χ1) is 17.4. The Morgan fingerprint density at radius 2 is 2.17 bits per heavy atom. The zero-order valence-corrected chi connectivity index (χ0v) is 22.3. The summed E-state index contributed by atoms with van der Waals surface area (Å²) in [4.78, 5) is 20.1. The SMILES string of the molecule is CCOC(=O)C1=C(CSc2nc3c(cc2C#N)CN(C)CC3)OC(N)=C(C#N)[C@H]1c1cccc(Br)c1. The number of esters is 1.